The molecule has 0 N–H and O–H groups in total. The van der Waals surface area contributed by atoms with E-state index in [1.807, 2.05) is 56.3 Å². The Hall–Kier alpha value is -2.03. The van der Waals surface area contributed by atoms with Crippen molar-refractivity contribution in [2.45, 2.75) is 6.92 Å². The van der Waals surface area contributed by atoms with Crippen molar-refractivity contribution in [3.63, 3.8) is 0 Å². The molecule has 0 atom stereocenters. The molecule has 1 heterocycles. The molecule has 0 fully saturated rings. The lowest BCUT2D eigenvalue weighted by Crippen LogP contribution is -2.08. The van der Waals surface area contributed by atoms with E-state index >= 15 is 0 Å². The molecule has 0 unspecified atom stereocenters. The van der Waals surface area contributed by atoms with E-state index in [4.69, 9.17) is 4.42 Å². The molecule has 0 saturated carbocycles. The minimum atomic E-state index is 0.396. The van der Waals surface area contributed by atoms with Gasteiger partial charge in [-0.25, -0.2) is 0 Å². The zero-order valence-corrected chi connectivity index (χ0v) is 10.2. The van der Waals surface area contributed by atoms with Gasteiger partial charge in [-0.1, -0.05) is 30.3 Å². The van der Waals surface area contributed by atoms with Gasteiger partial charge in [0.15, 0.2) is 12.0 Å². The van der Waals surface area contributed by atoms with Crippen LogP contribution in [-0.4, -0.2) is 20.4 Å². The van der Waals surface area contributed by atoms with E-state index in [1.54, 1.807) is 0 Å². The Morgan fingerprint density at radius 1 is 1.18 bits per heavy atom. The minimum absolute atomic E-state index is 0.396. The molecule has 3 nitrogen and oxygen atoms in total. The maximum Gasteiger partial charge on any atom is 0.204 e. The van der Waals surface area contributed by atoms with E-state index in [0.717, 1.165) is 28.9 Å². The first-order valence-electron chi connectivity index (χ1n) is 5.46. The highest BCUT2D eigenvalue weighted by molar-refractivity contribution is 5.86. The van der Waals surface area contributed by atoms with Crippen LogP contribution in [0.25, 0.3) is 11.1 Å². The Morgan fingerprint density at radius 2 is 1.82 bits per heavy atom. The fourth-order valence-electron chi connectivity index (χ4n) is 1.89. The van der Waals surface area contributed by atoms with Gasteiger partial charge in [0.1, 0.15) is 0 Å². The topological polar surface area (TPSA) is 33.5 Å². The highest BCUT2D eigenvalue weighted by Gasteiger charge is 2.19. The van der Waals surface area contributed by atoms with Gasteiger partial charge in [0.05, 0.1) is 0 Å². The lowest BCUT2D eigenvalue weighted by Gasteiger charge is -2.11. The van der Waals surface area contributed by atoms with Crippen LogP contribution in [-0.2, 0) is 0 Å². The summed E-state index contributed by atoms with van der Waals surface area (Å²) >= 11 is 0. The molecule has 1 aromatic heterocycles. The van der Waals surface area contributed by atoms with Crippen molar-refractivity contribution < 1.29 is 9.21 Å². The first-order valence-corrected chi connectivity index (χ1v) is 5.46. The molecule has 0 aliphatic heterocycles. The number of carbonyl (C=O) groups excluding carboxylic acids is 1. The molecule has 17 heavy (non-hydrogen) atoms. The summed E-state index contributed by atoms with van der Waals surface area (Å²) in [6, 6.07) is 9.94. The number of aldehydes is 1. The predicted molar refractivity (Wildman–Crippen MR) is 68.6 cm³/mol. The Morgan fingerprint density at radius 3 is 2.35 bits per heavy atom. The summed E-state index contributed by atoms with van der Waals surface area (Å²) in [4.78, 5) is 12.8. The van der Waals surface area contributed by atoms with Crippen LogP contribution in [0.2, 0.25) is 0 Å². The lowest BCUT2D eigenvalue weighted by atomic mass is 10.0. The third kappa shape index (κ3) is 1.96. The van der Waals surface area contributed by atoms with Gasteiger partial charge in [0.2, 0.25) is 5.88 Å². The molecule has 0 bridgehead atoms. The van der Waals surface area contributed by atoms with Crippen molar-refractivity contribution in [2.24, 2.45) is 0 Å². The van der Waals surface area contributed by atoms with Gasteiger partial charge in [-0.15, -0.1) is 0 Å². The lowest BCUT2D eigenvalue weighted by molar-refractivity contribution is 0.110. The van der Waals surface area contributed by atoms with Gasteiger partial charge < -0.3 is 9.32 Å². The minimum Gasteiger partial charge on any atom is -0.437 e. The van der Waals surface area contributed by atoms with Crippen LogP contribution >= 0.6 is 0 Å². The normalized spacial score (nSPS) is 10.3. The summed E-state index contributed by atoms with van der Waals surface area (Å²) in [7, 11) is 3.80. The molecule has 0 spiro atoms. The van der Waals surface area contributed by atoms with Crippen molar-refractivity contribution in [3.05, 3.63) is 41.7 Å². The SMILES string of the molecule is Cc1c(C=O)oc(N(C)C)c1-c1ccccc1. The van der Waals surface area contributed by atoms with Gasteiger partial charge in [-0.2, -0.15) is 0 Å². The monoisotopic (exact) mass is 229 g/mol. The van der Waals surface area contributed by atoms with Gasteiger partial charge in [0, 0.05) is 25.2 Å². The summed E-state index contributed by atoms with van der Waals surface area (Å²) in [5, 5.41) is 0. The Bertz CT molecular complexity index is 527. The Labute approximate surface area is 101 Å². The number of nitrogens with zero attached hydrogens (tertiary/aromatic N) is 1. The molecule has 0 radical (unpaired) electrons. The summed E-state index contributed by atoms with van der Waals surface area (Å²) < 4.78 is 5.57. The average molecular weight is 229 g/mol. The average Bonchev–Trinajstić information content (AvgIpc) is 2.67. The Balaban J connectivity index is 2.67. The third-order valence-electron chi connectivity index (χ3n) is 2.74. The van der Waals surface area contributed by atoms with Gasteiger partial charge in [0.25, 0.3) is 0 Å². The molecule has 1 aromatic carbocycles. The van der Waals surface area contributed by atoms with Crippen LogP contribution < -0.4 is 4.90 Å². The van der Waals surface area contributed by atoms with Crippen LogP contribution in [0.5, 0.6) is 0 Å². The van der Waals surface area contributed by atoms with Gasteiger partial charge in [-0.05, 0) is 12.5 Å². The van der Waals surface area contributed by atoms with E-state index in [-0.39, 0.29) is 0 Å². The molecule has 3 heteroatoms. The van der Waals surface area contributed by atoms with Crippen LogP contribution in [0.1, 0.15) is 16.1 Å². The summed E-state index contributed by atoms with van der Waals surface area (Å²) in [6.45, 7) is 1.91. The maximum atomic E-state index is 10.9. The zero-order chi connectivity index (χ0) is 12.4. The van der Waals surface area contributed by atoms with Crippen molar-refractivity contribution in [2.75, 3.05) is 19.0 Å². The van der Waals surface area contributed by atoms with Gasteiger partial charge >= 0.3 is 0 Å². The summed E-state index contributed by atoms with van der Waals surface area (Å²) in [5.41, 5.74) is 2.93. The van der Waals surface area contributed by atoms with E-state index in [2.05, 4.69) is 0 Å². The maximum absolute atomic E-state index is 10.9. The third-order valence-corrected chi connectivity index (χ3v) is 2.74. The van der Waals surface area contributed by atoms with Crippen LogP contribution in [0, 0.1) is 6.92 Å². The highest BCUT2D eigenvalue weighted by Crippen LogP contribution is 2.36. The number of hydrogen-bond acceptors (Lipinski definition) is 3. The fourth-order valence-corrected chi connectivity index (χ4v) is 1.89. The first-order chi connectivity index (χ1) is 8.15. The Kier molecular flexibility index (Phi) is 3.00. The smallest absolute Gasteiger partial charge is 0.204 e. The first kappa shape index (κ1) is 11.5. The van der Waals surface area contributed by atoms with E-state index in [0.29, 0.717) is 5.76 Å². The number of carbonyl (C=O) groups is 1. The zero-order valence-electron chi connectivity index (χ0n) is 10.2. The predicted octanol–water partition coefficient (Wildman–Crippen LogP) is 3.13. The molecule has 2 aromatic rings. The molecule has 0 saturated heterocycles. The molecule has 2 rings (SSSR count). The van der Waals surface area contributed by atoms with Crippen LogP contribution in [0.4, 0.5) is 5.88 Å². The number of rotatable bonds is 3. The molecular weight excluding hydrogens is 214 g/mol. The highest BCUT2D eigenvalue weighted by atomic mass is 16.4. The standard InChI is InChI=1S/C14H15NO2/c1-10-12(9-16)17-14(15(2)3)13(10)11-7-5-4-6-8-11/h4-9H,1-3H3. The fraction of sp³-hybridized carbons (Fsp3) is 0.214. The van der Waals surface area contributed by atoms with Gasteiger partial charge in [-0.3, -0.25) is 4.79 Å². The quantitative estimate of drug-likeness (QED) is 0.758. The number of hydrogen-bond donors (Lipinski definition) is 0. The number of furan rings is 1. The van der Waals surface area contributed by atoms with E-state index in [9.17, 15) is 4.79 Å². The van der Waals surface area contributed by atoms with E-state index < -0.39 is 0 Å². The number of benzene rings is 1. The molecule has 0 amide bonds. The second-order valence-corrected chi connectivity index (χ2v) is 4.15. The molecular formula is C14H15NO2. The molecule has 0 aliphatic carbocycles. The van der Waals surface area contributed by atoms with Crippen LogP contribution in [0.3, 0.4) is 0 Å². The van der Waals surface area contributed by atoms with E-state index in [1.165, 1.54) is 0 Å². The van der Waals surface area contributed by atoms with Crippen molar-refractivity contribution in [1.82, 2.24) is 0 Å². The summed E-state index contributed by atoms with van der Waals surface area (Å²) in [5.74, 6) is 1.11. The van der Waals surface area contributed by atoms with Crippen LogP contribution in [0.15, 0.2) is 34.7 Å². The largest absolute Gasteiger partial charge is 0.437 e. The number of anilines is 1. The second kappa shape index (κ2) is 4.45. The summed E-state index contributed by atoms with van der Waals surface area (Å²) in [6.07, 6.45) is 0.759. The molecule has 88 valence electrons. The van der Waals surface area contributed by atoms with Crippen molar-refractivity contribution >= 4 is 12.2 Å². The van der Waals surface area contributed by atoms with Crippen molar-refractivity contribution in [3.8, 4) is 11.1 Å². The molecule has 0 aliphatic rings. The second-order valence-electron chi connectivity index (χ2n) is 4.15. The van der Waals surface area contributed by atoms with Crippen molar-refractivity contribution in [1.29, 1.82) is 0 Å².